The Kier molecular flexibility index (Phi) is 3.72. The van der Waals surface area contributed by atoms with Gasteiger partial charge < -0.3 is 9.84 Å². The van der Waals surface area contributed by atoms with Crippen molar-refractivity contribution < 1.29 is 14.6 Å². The summed E-state index contributed by atoms with van der Waals surface area (Å²) in [6.07, 6.45) is 5.84. The van der Waals surface area contributed by atoms with Gasteiger partial charge in [-0.15, -0.1) is 0 Å². The molecule has 1 rings (SSSR count). The van der Waals surface area contributed by atoms with Crippen molar-refractivity contribution in [3.63, 3.8) is 0 Å². The molecular formula is C10H18O3. The smallest absolute Gasteiger partial charge is 0.308 e. The van der Waals surface area contributed by atoms with Crippen molar-refractivity contribution in [2.75, 3.05) is 0 Å². The van der Waals surface area contributed by atoms with E-state index in [0.717, 1.165) is 12.8 Å². The van der Waals surface area contributed by atoms with Gasteiger partial charge in [-0.2, -0.15) is 0 Å². The Labute approximate surface area is 79.1 Å². The fourth-order valence-electron chi connectivity index (χ4n) is 1.62. The summed E-state index contributed by atoms with van der Waals surface area (Å²) in [5, 5.41) is 9.72. The summed E-state index contributed by atoms with van der Waals surface area (Å²) in [5.41, 5.74) is 0. The Morgan fingerprint density at radius 1 is 1.46 bits per heavy atom. The first-order valence-electron chi connectivity index (χ1n) is 5.10. The molecule has 1 saturated heterocycles. The maximum Gasteiger partial charge on any atom is 0.308 e. The van der Waals surface area contributed by atoms with Crippen LogP contribution in [0.4, 0.5) is 0 Å². The molecule has 0 aliphatic carbocycles. The first kappa shape index (κ1) is 10.5. The van der Waals surface area contributed by atoms with E-state index in [1.165, 1.54) is 12.8 Å². The summed E-state index contributed by atoms with van der Waals surface area (Å²) in [6, 6.07) is 0. The molecule has 0 aromatic carbocycles. The fraction of sp³-hybridized carbons (Fsp3) is 0.900. The van der Waals surface area contributed by atoms with Crippen LogP contribution in [0.5, 0.6) is 0 Å². The van der Waals surface area contributed by atoms with E-state index >= 15 is 0 Å². The van der Waals surface area contributed by atoms with Crippen molar-refractivity contribution in [1.29, 1.82) is 0 Å². The van der Waals surface area contributed by atoms with Gasteiger partial charge in [0.2, 0.25) is 5.79 Å². The van der Waals surface area contributed by atoms with E-state index in [1.807, 2.05) is 0 Å². The second-order valence-electron chi connectivity index (χ2n) is 3.73. The van der Waals surface area contributed by atoms with Gasteiger partial charge in [0.25, 0.3) is 0 Å². The maximum atomic E-state index is 10.8. The normalized spacial score (nSPS) is 27.7. The molecule has 0 spiro atoms. The number of hydrogen-bond donors (Lipinski definition) is 1. The molecule has 0 saturated carbocycles. The van der Waals surface area contributed by atoms with E-state index in [2.05, 4.69) is 6.92 Å². The molecular weight excluding hydrogens is 168 g/mol. The minimum atomic E-state index is -1.13. The first-order chi connectivity index (χ1) is 6.16. The number of carbonyl (C=O) groups excluding carboxylic acids is 1. The Morgan fingerprint density at radius 2 is 2.23 bits per heavy atom. The molecule has 76 valence electrons. The van der Waals surface area contributed by atoms with Crippen LogP contribution >= 0.6 is 0 Å². The summed E-state index contributed by atoms with van der Waals surface area (Å²) in [6.45, 7) is 2.14. The van der Waals surface area contributed by atoms with Crippen molar-refractivity contribution in [3.05, 3.63) is 0 Å². The molecule has 0 aromatic rings. The second kappa shape index (κ2) is 4.61. The third-order valence-electron chi connectivity index (χ3n) is 2.44. The van der Waals surface area contributed by atoms with Crippen LogP contribution in [0.3, 0.4) is 0 Å². The number of unbranched alkanes of at least 4 members (excludes halogenated alkanes) is 3. The Morgan fingerprint density at radius 3 is 2.77 bits per heavy atom. The molecule has 13 heavy (non-hydrogen) atoms. The highest BCUT2D eigenvalue weighted by Crippen LogP contribution is 2.28. The highest BCUT2D eigenvalue weighted by molar-refractivity contribution is 5.71. The number of aliphatic hydroxyl groups is 1. The highest BCUT2D eigenvalue weighted by Gasteiger charge is 2.37. The molecule has 3 heteroatoms. The summed E-state index contributed by atoms with van der Waals surface area (Å²) in [5.74, 6) is -1.40. The number of cyclic esters (lactones) is 1. The average molecular weight is 186 g/mol. The Hall–Kier alpha value is -0.570. The average Bonchev–Trinajstić information content (AvgIpc) is 2.41. The largest absolute Gasteiger partial charge is 0.433 e. The quantitative estimate of drug-likeness (QED) is 0.527. The van der Waals surface area contributed by atoms with Gasteiger partial charge in [0.1, 0.15) is 0 Å². The van der Waals surface area contributed by atoms with Crippen molar-refractivity contribution in [1.82, 2.24) is 0 Å². The van der Waals surface area contributed by atoms with Crippen LogP contribution in [0, 0.1) is 0 Å². The highest BCUT2D eigenvalue weighted by atomic mass is 16.7. The van der Waals surface area contributed by atoms with Gasteiger partial charge in [0.05, 0.1) is 6.42 Å². The lowest BCUT2D eigenvalue weighted by Gasteiger charge is -2.20. The van der Waals surface area contributed by atoms with Gasteiger partial charge in [-0.05, 0) is 6.42 Å². The maximum absolute atomic E-state index is 10.8. The van der Waals surface area contributed by atoms with E-state index in [1.54, 1.807) is 0 Å². The molecule has 1 unspecified atom stereocenters. The number of hydrogen-bond acceptors (Lipinski definition) is 3. The monoisotopic (exact) mass is 186 g/mol. The Balaban J connectivity index is 2.16. The summed E-state index contributed by atoms with van der Waals surface area (Å²) < 4.78 is 4.85. The van der Waals surface area contributed by atoms with Crippen molar-refractivity contribution in [3.8, 4) is 0 Å². The molecule has 1 fully saturated rings. The predicted molar refractivity (Wildman–Crippen MR) is 49.0 cm³/mol. The third kappa shape index (κ3) is 3.35. The minimum Gasteiger partial charge on any atom is -0.433 e. The van der Waals surface area contributed by atoms with Crippen molar-refractivity contribution in [2.24, 2.45) is 0 Å². The van der Waals surface area contributed by atoms with Crippen molar-refractivity contribution >= 4 is 5.97 Å². The molecule has 3 nitrogen and oxygen atoms in total. The number of esters is 1. The standard InChI is InChI=1S/C10H18O3/c1-2-3-4-5-7-10(12)8-6-9(11)13-10/h12H,2-8H2,1H3. The molecule has 1 N–H and O–H groups in total. The van der Waals surface area contributed by atoms with Gasteiger partial charge in [-0.25, -0.2) is 0 Å². The summed E-state index contributed by atoms with van der Waals surface area (Å²) in [7, 11) is 0. The van der Waals surface area contributed by atoms with Crippen LogP contribution in [0.15, 0.2) is 0 Å². The van der Waals surface area contributed by atoms with E-state index < -0.39 is 5.79 Å². The van der Waals surface area contributed by atoms with Crippen LogP contribution in [-0.2, 0) is 9.53 Å². The van der Waals surface area contributed by atoms with Gasteiger partial charge in [-0.3, -0.25) is 4.79 Å². The zero-order chi connectivity index (χ0) is 9.73. The van der Waals surface area contributed by atoms with Crippen LogP contribution < -0.4 is 0 Å². The van der Waals surface area contributed by atoms with E-state index in [4.69, 9.17) is 4.74 Å². The molecule has 1 atom stereocenters. The predicted octanol–water partition coefficient (Wildman–Crippen LogP) is 1.98. The van der Waals surface area contributed by atoms with Gasteiger partial charge in [0, 0.05) is 12.8 Å². The lowest BCUT2D eigenvalue weighted by Crippen LogP contribution is -2.27. The Bertz CT molecular complexity index is 179. The molecule has 0 radical (unpaired) electrons. The number of rotatable bonds is 5. The van der Waals surface area contributed by atoms with E-state index in [9.17, 15) is 9.90 Å². The van der Waals surface area contributed by atoms with Crippen LogP contribution in [0.25, 0.3) is 0 Å². The van der Waals surface area contributed by atoms with Crippen molar-refractivity contribution in [2.45, 2.75) is 57.7 Å². The third-order valence-corrected chi connectivity index (χ3v) is 2.44. The topological polar surface area (TPSA) is 46.5 Å². The summed E-state index contributed by atoms with van der Waals surface area (Å²) >= 11 is 0. The second-order valence-corrected chi connectivity index (χ2v) is 3.73. The van der Waals surface area contributed by atoms with Gasteiger partial charge >= 0.3 is 5.97 Å². The molecule has 0 amide bonds. The zero-order valence-corrected chi connectivity index (χ0v) is 8.21. The van der Waals surface area contributed by atoms with E-state index in [-0.39, 0.29) is 5.97 Å². The molecule has 0 bridgehead atoms. The molecule has 0 aromatic heterocycles. The number of ether oxygens (including phenoxy) is 1. The molecule has 1 aliphatic rings. The lowest BCUT2D eigenvalue weighted by atomic mass is 10.0. The molecule has 1 heterocycles. The van der Waals surface area contributed by atoms with E-state index in [0.29, 0.717) is 19.3 Å². The van der Waals surface area contributed by atoms with Crippen LogP contribution in [-0.4, -0.2) is 16.9 Å². The van der Waals surface area contributed by atoms with Gasteiger partial charge in [0.15, 0.2) is 0 Å². The molecule has 1 aliphatic heterocycles. The first-order valence-corrected chi connectivity index (χ1v) is 5.10. The van der Waals surface area contributed by atoms with Crippen LogP contribution in [0.1, 0.15) is 51.9 Å². The minimum absolute atomic E-state index is 0.266. The SMILES string of the molecule is CCCCCCC1(O)CCC(=O)O1. The zero-order valence-electron chi connectivity index (χ0n) is 8.21. The summed E-state index contributed by atoms with van der Waals surface area (Å²) in [4.78, 5) is 10.8. The number of carbonyl (C=O) groups is 1. The van der Waals surface area contributed by atoms with Gasteiger partial charge in [-0.1, -0.05) is 26.2 Å². The lowest BCUT2D eigenvalue weighted by molar-refractivity contribution is -0.190. The van der Waals surface area contributed by atoms with Crippen LogP contribution in [0.2, 0.25) is 0 Å². The fourth-order valence-corrected chi connectivity index (χ4v) is 1.62.